The molecule has 7 aromatic rings. The van der Waals surface area contributed by atoms with Crippen LogP contribution in [0.1, 0.15) is 47.4 Å². The highest BCUT2D eigenvalue weighted by Crippen LogP contribution is 2.51. The van der Waals surface area contributed by atoms with Gasteiger partial charge in [-0.15, -0.1) is 0 Å². The van der Waals surface area contributed by atoms with Crippen LogP contribution in [0.15, 0.2) is 134 Å². The Hall–Kier alpha value is -5.74. The number of anilines is 3. The van der Waals surface area contributed by atoms with Crippen LogP contribution in [-0.4, -0.2) is 9.55 Å². The van der Waals surface area contributed by atoms with E-state index in [9.17, 15) is 4.39 Å². The molecule has 0 atom stereocenters. The lowest BCUT2D eigenvalue weighted by Crippen LogP contribution is -2.15. The van der Waals surface area contributed by atoms with E-state index in [0.29, 0.717) is 11.5 Å². The van der Waals surface area contributed by atoms with Crippen molar-refractivity contribution in [2.75, 3.05) is 4.90 Å². The molecule has 0 amide bonds. The summed E-state index contributed by atoms with van der Waals surface area (Å²) in [6.07, 6.45) is 6.04. The summed E-state index contributed by atoms with van der Waals surface area (Å²) in [6, 6.07) is 42.9. The van der Waals surface area contributed by atoms with E-state index in [1.807, 2.05) is 41.3 Å². The van der Waals surface area contributed by atoms with Gasteiger partial charge in [-0.1, -0.05) is 92.7 Å². The molecule has 234 valence electrons. The van der Waals surface area contributed by atoms with Crippen molar-refractivity contribution < 1.29 is 4.39 Å². The lowest BCUT2D eigenvalue weighted by Gasteiger charge is -2.24. The highest BCUT2D eigenvalue weighted by atomic mass is 19.1. The molecule has 0 radical (unpaired) electrons. The summed E-state index contributed by atoms with van der Waals surface area (Å²) in [5, 5.41) is 1.31. The number of halogens is 1. The van der Waals surface area contributed by atoms with Gasteiger partial charge in [0.15, 0.2) is 0 Å². The molecule has 2 aromatic heterocycles. The van der Waals surface area contributed by atoms with Crippen molar-refractivity contribution in [1.82, 2.24) is 9.55 Å². The van der Waals surface area contributed by atoms with Crippen molar-refractivity contribution in [2.45, 2.75) is 33.1 Å². The minimum atomic E-state index is -0.298. The third kappa shape index (κ3) is 4.84. The van der Waals surface area contributed by atoms with Gasteiger partial charge < -0.3 is 4.57 Å². The summed E-state index contributed by atoms with van der Waals surface area (Å²) >= 11 is 0. The first-order valence-electron chi connectivity index (χ1n) is 16.4. The fourth-order valence-corrected chi connectivity index (χ4v) is 7.27. The average Bonchev–Trinajstić information content (AvgIpc) is 3.49. The predicted molar refractivity (Wildman–Crippen MR) is 198 cm³/mol. The van der Waals surface area contributed by atoms with Crippen LogP contribution in [0.4, 0.5) is 21.6 Å². The van der Waals surface area contributed by atoms with Crippen LogP contribution in [-0.2, 0) is 5.41 Å². The molecule has 5 aromatic carbocycles. The van der Waals surface area contributed by atoms with Gasteiger partial charge in [-0.3, -0.25) is 4.90 Å². The quantitative estimate of drug-likeness (QED) is 0.171. The van der Waals surface area contributed by atoms with Crippen molar-refractivity contribution >= 4 is 40.2 Å². The standard InChI is InChI=1S/C44H36FN3/c1-29-30(2)47(33-12-6-5-7-13-33)42-28-39-37(27-36(29)42)35-24-21-32(26-38(35)44(39,3)4)18-17-31-19-22-34(23-20-31)48(43-16-10-11-25-46-43)41-15-9-8-14-40(41)45/h5-28H,1-4H3/b18-17+. The van der Waals surface area contributed by atoms with E-state index in [0.717, 1.165) is 16.8 Å². The number of benzene rings is 5. The highest BCUT2D eigenvalue weighted by molar-refractivity contribution is 5.96. The molecule has 3 nitrogen and oxygen atoms in total. The molecule has 0 N–H and O–H groups in total. The van der Waals surface area contributed by atoms with Gasteiger partial charge in [0.2, 0.25) is 0 Å². The van der Waals surface area contributed by atoms with Crippen LogP contribution >= 0.6 is 0 Å². The number of aromatic nitrogens is 2. The van der Waals surface area contributed by atoms with Gasteiger partial charge in [-0.2, -0.15) is 0 Å². The summed E-state index contributed by atoms with van der Waals surface area (Å²) in [6.45, 7) is 9.14. The Morgan fingerprint density at radius 2 is 1.38 bits per heavy atom. The zero-order valence-corrected chi connectivity index (χ0v) is 27.6. The summed E-state index contributed by atoms with van der Waals surface area (Å²) in [5.74, 6) is 0.362. The summed E-state index contributed by atoms with van der Waals surface area (Å²) in [7, 11) is 0. The average molecular weight is 626 g/mol. The Morgan fingerprint density at radius 1 is 0.688 bits per heavy atom. The normalized spacial score (nSPS) is 13.2. The number of hydrogen-bond acceptors (Lipinski definition) is 2. The molecule has 1 aliphatic rings. The zero-order valence-electron chi connectivity index (χ0n) is 27.6. The van der Waals surface area contributed by atoms with Gasteiger partial charge in [0.1, 0.15) is 11.6 Å². The minimum absolute atomic E-state index is 0.139. The maximum absolute atomic E-state index is 14.9. The fourth-order valence-electron chi connectivity index (χ4n) is 7.27. The van der Waals surface area contributed by atoms with E-state index in [2.05, 4.69) is 122 Å². The molecular weight excluding hydrogens is 590 g/mol. The Kier molecular flexibility index (Phi) is 7.10. The van der Waals surface area contributed by atoms with Gasteiger partial charge >= 0.3 is 0 Å². The van der Waals surface area contributed by atoms with Gasteiger partial charge in [-0.25, -0.2) is 9.37 Å². The fraction of sp³-hybridized carbons (Fsp3) is 0.114. The molecule has 1 aliphatic carbocycles. The first kappa shape index (κ1) is 29.6. The largest absolute Gasteiger partial charge is 0.314 e. The van der Waals surface area contributed by atoms with Crippen LogP contribution in [0.5, 0.6) is 0 Å². The first-order chi connectivity index (χ1) is 23.3. The van der Waals surface area contributed by atoms with Crippen LogP contribution in [0.2, 0.25) is 0 Å². The number of para-hydroxylation sites is 2. The molecule has 4 heteroatoms. The molecule has 0 saturated heterocycles. The molecule has 0 saturated carbocycles. The first-order valence-corrected chi connectivity index (χ1v) is 16.4. The molecule has 0 fully saturated rings. The maximum atomic E-state index is 14.9. The van der Waals surface area contributed by atoms with Crippen LogP contribution < -0.4 is 4.90 Å². The molecule has 8 rings (SSSR count). The Bertz CT molecular complexity index is 2330. The smallest absolute Gasteiger partial charge is 0.147 e. The van der Waals surface area contributed by atoms with E-state index in [4.69, 9.17) is 0 Å². The van der Waals surface area contributed by atoms with Gasteiger partial charge in [-0.05, 0) is 113 Å². The predicted octanol–water partition coefficient (Wildman–Crippen LogP) is 11.7. The Labute approximate surface area is 281 Å². The topological polar surface area (TPSA) is 21.1 Å². The van der Waals surface area contributed by atoms with E-state index in [1.165, 1.54) is 56.2 Å². The third-order valence-corrected chi connectivity index (χ3v) is 9.95. The number of rotatable bonds is 6. The van der Waals surface area contributed by atoms with Crippen molar-refractivity contribution in [2.24, 2.45) is 0 Å². The van der Waals surface area contributed by atoms with Crippen molar-refractivity contribution in [3.63, 3.8) is 0 Å². The van der Waals surface area contributed by atoms with Gasteiger partial charge in [0.25, 0.3) is 0 Å². The second kappa shape index (κ2) is 11.5. The van der Waals surface area contributed by atoms with E-state index >= 15 is 0 Å². The summed E-state index contributed by atoms with van der Waals surface area (Å²) < 4.78 is 17.3. The number of fused-ring (bicyclic) bond motifs is 4. The molecular formula is C44H36FN3. The Morgan fingerprint density at radius 3 is 2.12 bits per heavy atom. The van der Waals surface area contributed by atoms with Gasteiger partial charge in [0, 0.05) is 34.1 Å². The third-order valence-electron chi connectivity index (χ3n) is 9.95. The van der Waals surface area contributed by atoms with Crippen LogP contribution in [0.3, 0.4) is 0 Å². The van der Waals surface area contributed by atoms with Crippen LogP contribution in [0, 0.1) is 19.7 Å². The number of hydrogen-bond donors (Lipinski definition) is 0. The van der Waals surface area contributed by atoms with Crippen molar-refractivity contribution in [3.05, 3.63) is 173 Å². The summed E-state index contributed by atoms with van der Waals surface area (Å²) in [4.78, 5) is 6.35. The lowest BCUT2D eigenvalue weighted by molar-refractivity contribution is 0.628. The van der Waals surface area contributed by atoms with E-state index in [1.54, 1.807) is 18.3 Å². The SMILES string of the molecule is Cc1c(C)n(-c2ccccc2)c2cc3c(cc12)-c1ccc(/C=C/c2ccc(N(c4ccccn4)c4ccccc4F)cc2)cc1C3(C)C. The highest BCUT2D eigenvalue weighted by Gasteiger charge is 2.36. The maximum Gasteiger partial charge on any atom is 0.147 e. The van der Waals surface area contributed by atoms with Crippen LogP contribution in [0.25, 0.3) is 39.9 Å². The number of aryl methyl sites for hydroxylation is 1. The van der Waals surface area contributed by atoms with Crippen molar-refractivity contribution in [3.8, 4) is 16.8 Å². The van der Waals surface area contributed by atoms with E-state index in [-0.39, 0.29) is 11.2 Å². The monoisotopic (exact) mass is 625 g/mol. The summed E-state index contributed by atoms with van der Waals surface area (Å²) in [5.41, 5.74) is 13.8. The molecule has 2 heterocycles. The molecule has 48 heavy (non-hydrogen) atoms. The van der Waals surface area contributed by atoms with Crippen molar-refractivity contribution in [1.29, 1.82) is 0 Å². The lowest BCUT2D eigenvalue weighted by atomic mass is 9.81. The Balaban J connectivity index is 1.11. The minimum Gasteiger partial charge on any atom is -0.314 e. The van der Waals surface area contributed by atoms with E-state index < -0.39 is 0 Å². The number of pyridine rings is 1. The van der Waals surface area contributed by atoms with Gasteiger partial charge in [0.05, 0.1) is 11.2 Å². The molecule has 0 spiro atoms. The molecule has 0 bridgehead atoms. The number of nitrogens with zero attached hydrogens (tertiary/aromatic N) is 3. The zero-order chi connectivity index (χ0) is 33.0. The molecule has 0 aliphatic heterocycles. The second-order valence-corrected chi connectivity index (χ2v) is 13.1. The molecule has 0 unspecified atom stereocenters. The second-order valence-electron chi connectivity index (χ2n) is 13.1.